The van der Waals surface area contributed by atoms with Crippen molar-refractivity contribution in [2.45, 2.75) is 39.8 Å². The van der Waals surface area contributed by atoms with Crippen LogP contribution in [0.2, 0.25) is 0 Å². The first-order valence-electron chi connectivity index (χ1n) is 12.5. The molecule has 3 heterocycles. The predicted molar refractivity (Wildman–Crippen MR) is 136 cm³/mol. The van der Waals surface area contributed by atoms with Crippen LogP contribution in [0.15, 0.2) is 45.6 Å². The van der Waals surface area contributed by atoms with E-state index >= 15 is 0 Å². The summed E-state index contributed by atoms with van der Waals surface area (Å²) < 4.78 is 22.3. The van der Waals surface area contributed by atoms with Crippen LogP contribution in [0.4, 0.5) is 5.69 Å². The van der Waals surface area contributed by atoms with E-state index in [-0.39, 0.29) is 12.4 Å². The monoisotopic (exact) mass is 492 g/mol. The maximum Gasteiger partial charge on any atom is 0.339 e. The van der Waals surface area contributed by atoms with Crippen molar-refractivity contribution in [3.05, 3.63) is 69.1 Å². The summed E-state index contributed by atoms with van der Waals surface area (Å²) in [7, 11) is 0. The lowest BCUT2D eigenvalue weighted by molar-refractivity contribution is -0.143. The molecule has 1 saturated heterocycles. The summed E-state index contributed by atoms with van der Waals surface area (Å²) in [6.45, 7) is 9.39. The molecular formula is C28H32N2O6. The van der Waals surface area contributed by atoms with Gasteiger partial charge < -0.3 is 23.5 Å². The molecule has 2 aromatic carbocycles. The number of carbonyl (C=O) groups is 1. The highest BCUT2D eigenvalue weighted by molar-refractivity contribution is 5.86. The molecule has 5 rings (SSSR count). The first kappa shape index (κ1) is 24.3. The van der Waals surface area contributed by atoms with Crippen LogP contribution in [0.1, 0.15) is 35.6 Å². The first-order valence-corrected chi connectivity index (χ1v) is 12.5. The van der Waals surface area contributed by atoms with Crippen LogP contribution in [-0.4, -0.2) is 50.5 Å². The van der Waals surface area contributed by atoms with Gasteiger partial charge in [0.05, 0.1) is 31.9 Å². The largest absolute Gasteiger partial charge is 0.473 e. The number of ether oxygens (including phenoxy) is 3. The van der Waals surface area contributed by atoms with E-state index in [1.807, 2.05) is 19.1 Å². The number of esters is 1. The van der Waals surface area contributed by atoms with Crippen LogP contribution in [-0.2, 0) is 33.8 Å². The lowest BCUT2D eigenvalue weighted by Gasteiger charge is -2.31. The number of rotatable bonds is 7. The lowest BCUT2D eigenvalue weighted by atomic mass is 9.99. The smallest absolute Gasteiger partial charge is 0.339 e. The van der Waals surface area contributed by atoms with E-state index in [1.165, 1.54) is 5.56 Å². The standard InChI is InChI=1S/C28H32N2O6/c1-3-34-26(31)11-9-23-19(2)22-8-10-25-24(27(22)36-28(23)32)17-30(18-35-25)21-6-4-20(5-7-21)16-29-12-14-33-15-13-29/h4-8,10H,3,9,11-18H2,1-2H3. The van der Waals surface area contributed by atoms with Crippen molar-refractivity contribution in [1.82, 2.24) is 4.90 Å². The van der Waals surface area contributed by atoms with E-state index < -0.39 is 5.63 Å². The maximum absolute atomic E-state index is 12.9. The fourth-order valence-electron chi connectivity index (χ4n) is 4.91. The first-order chi connectivity index (χ1) is 17.5. The van der Waals surface area contributed by atoms with Crippen molar-refractivity contribution in [3.63, 3.8) is 0 Å². The van der Waals surface area contributed by atoms with Crippen molar-refractivity contribution < 1.29 is 23.4 Å². The van der Waals surface area contributed by atoms with Gasteiger partial charge in [0.25, 0.3) is 0 Å². The van der Waals surface area contributed by atoms with Gasteiger partial charge in [0.15, 0.2) is 6.73 Å². The second kappa shape index (κ2) is 10.7. The van der Waals surface area contributed by atoms with Crippen LogP contribution in [0.3, 0.4) is 0 Å². The highest BCUT2D eigenvalue weighted by Crippen LogP contribution is 2.35. The Morgan fingerprint density at radius 3 is 2.61 bits per heavy atom. The minimum atomic E-state index is -0.415. The molecule has 0 N–H and O–H groups in total. The molecule has 36 heavy (non-hydrogen) atoms. The molecule has 2 aliphatic rings. The number of anilines is 1. The Balaban J connectivity index is 1.36. The van der Waals surface area contributed by atoms with E-state index in [9.17, 15) is 9.59 Å². The van der Waals surface area contributed by atoms with Crippen molar-refractivity contribution in [3.8, 4) is 5.75 Å². The lowest BCUT2D eigenvalue weighted by Crippen LogP contribution is -2.35. The fraction of sp³-hybridized carbons (Fsp3) is 0.429. The van der Waals surface area contributed by atoms with Crippen molar-refractivity contribution in [2.75, 3.05) is 44.5 Å². The summed E-state index contributed by atoms with van der Waals surface area (Å²) in [6, 6.07) is 12.4. The molecule has 0 amide bonds. The molecule has 0 unspecified atom stereocenters. The molecule has 1 aromatic heterocycles. The van der Waals surface area contributed by atoms with Gasteiger partial charge in [0.1, 0.15) is 11.3 Å². The van der Waals surface area contributed by atoms with E-state index in [0.717, 1.165) is 60.8 Å². The molecule has 0 atom stereocenters. The molecule has 0 aliphatic carbocycles. The highest BCUT2D eigenvalue weighted by atomic mass is 16.5. The Kier molecular flexibility index (Phi) is 7.25. The van der Waals surface area contributed by atoms with Crippen LogP contribution in [0.25, 0.3) is 11.0 Å². The Hall–Kier alpha value is -3.36. The third-order valence-electron chi connectivity index (χ3n) is 6.94. The third-order valence-corrected chi connectivity index (χ3v) is 6.94. The van der Waals surface area contributed by atoms with Crippen LogP contribution in [0, 0.1) is 6.92 Å². The van der Waals surface area contributed by atoms with Gasteiger partial charge in [-0.2, -0.15) is 0 Å². The summed E-state index contributed by atoms with van der Waals surface area (Å²) in [5, 5.41) is 0.860. The number of morpholine rings is 1. The third kappa shape index (κ3) is 5.10. The Morgan fingerprint density at radius 2 is 1.86 bits per heavy atom. The minimum Gasteiger partial charge on any atom is -0.473 e. The van der Waals surface area contributed by atoms with Crippen LogP contribution < -0.4 is 15.3 Å². The molecule has 8 heteroatoms. The van der Waals surface area contributed by atoms with Gasteiger partial charge in [0, 0.05) is 42.7 Å². The summed E-state index contributed by atoms with van der Waals surface area (Å²) in [6.07, 6.45) is 0.438. The van der Waals surface area contributed by atoms with E-state index in [1.54, 1.807) is 6.92 Å². The van der Waals surface area contributed by atoms with Crippen molar-refractivity contribution in [2.24, 2.45) is 0 Å². The molecule has 2 aliphatic heterocycles. The van der Waals surface area contributed by atoms with Gasteiger partial charge in [-0.15, -0.1) is 0 Å². The quantitative estimate of drug-likeness (QED) is 0.364. The van der Waals surface area contributed by atoms with Crippen molar-refractivity contribution >= 4 is 22.6 Å². The van der Waals surface area contributed by atoms with E-state index in [0.29, 0.717) is 37.4 Å². The van der Waals surface area contributed by atoms with Gasteiger partial charge in [-0.25, -0.2) is 4.79 Å². The Labute approximate surface area is 210 Å². The van der Waals surface area contributed by atoms with Gasteiger partial charge in [-0.05, 0) is 55.7 Å². The number of fused-ring (bicyclic) bond motifs is 3. The topological polar surface area (TPSA) is 81.5 Å². The second-order valence-corrected chi connectivity index (χ2v) is 9.24. The summed E-state index contributed by atoms with van der Waals surface area (Å²) >= 11 is 0. The molecule has 0 radical (unpaired) electrons. The number of hydrogen-bond acceptors (Lipinski definition) is 8. The SMILES string of the molecule is CCOC(=O)CCc1c(C)c2ccc3c(c2oc1=O)CN(c1ccc(CN2CCOCC2)cc1)CO3. The number of aryl methyl sites for hydroxylation is 1. The average Bonchev–Trinajstić information content (AvgIpc) is 2.89. The normalized spacial score (nSPS) is 16.0. The zero-order chi connectivity index (χ0) is 25.1. The van der Waals surface area contributed by atoms with Gasteiger partial charge in [-0.1, -0.05) is 12.1 Å². The Morgan fingerprint density at radius 1 is 1.08 bits per heavy atom. The van der Waals surface area contributed by atoms with Gasteiger partial charge in [-0.3, -0.25) is 9.69 Å². The fourth-order valence-corrected chi connectivity index (χ4v) is 4.91. The molecular weight excluding hydrogens is 460 g/mol. The number of nitrogens with zero attached hydrogens (tertiary/aromatic N) is 2. The van der Waals surface area contributed by atoms with Crippen LogP contribution in [0.5, 0.6) is 5.75 Å². The maximum atomic E-state index is 12.9. The molecule has 8 nitrogen and oxygen atoms in total. The molecule has 190 valence electrons. The van der Waals surface area contributed by atoms with Crippen molar-refractivity contribution in [1.29, 1.82) is 0 Å². The number of benzene rings is 2. The van der Waals surface area contributed by atoms with Gasteiger partial charge >= 0.3 is 11.6 Å². The van der Waals surface area contributed by atoms with Crippen LogP contribution >= 0.6 is 0 Å². The highest BCUT2D eigenvalue weighted by Gasteiger charge is 2.24. The summed E-state index contributed by atoms with van der Waals surface area (Å²) in [5.41, 5.74) is 4.65. The zero-order valence-corrected chi connectivity index (χ0v) is 20.9. The Bertz CT molecular complexity index is 1290. The second-order valence-electron chi connectivity index (χ2n) is 9.24. The average molecular weight is 493 g/mol. The van der Waals surface area contributed by atoms with E-state index in [2.05, 4.69) is 34.1 Å². The molecule has 1 fully saturated rings. The number of carbonyl (C=O) groups excluding carboxylic acids is 1. The summed E-state index contributed by atoms with van der Waals surface area (Å²) in [4.78, 5) is 29.2. The predicted octanol–water partition coefficient (Wildman–Crippen LogP) is 3.79. The number of hydrogen-bond donors (Lipinski definition) is 0. The van der Waals surface area contributed by atoms with Gasteiger partial charge in [0.2, 0.25) is 0 Å². The molecule has 0 saturated carbocycles. The molecule has 0 spiro atoms. The zero-order valence-electron chi connectivity index (χ0n) is 20.9. The minimum absolute atomic E-state index is 0.147. The van der Waals surface area contributed by atoms with E-state index in [4.69, 9.17) is 18.6 Å². The molecule has 0 bridgehead atoms. The molecule has 3 aromatic rings. The summed E-state index contributed by atoms with van der Waals surface area (Å²) in [5.74, 6) is 0.409.